The molecule has 0 radical (unpaired) electrons. The lowest BCUT2D eigenvalue weighted by molar-refractivity contribution is -0.134. The highest BCUT2D eigenvalue weighted by atomic mass is 16.5. The monoisotopic (exact) mass is 194 g/mol. The third kappa shape index (κ3) is 3.58. The van der Waals surface area contributed by atoms with E-state index in [4.69, 9.17) is 9.84 Å². The number of carbonyl (C=O) groups is 1. The molecule has 0 aliphatic rings. The van der Waals surface area contributed by atoms with Gasteiger partial charge in [0.15, 0.2) is 0 Å². The van der Waals surface area contributed by atoms with Crippen molar-refractivity contribution in [1.82, 2.24) is 0 Å². The Morgan fingerprint density at radius 1 is 1.36 bits per heavy atom. The largest absolute Gasteiger partial charge is 0.427 e. The van der Waals surface area contributed by atoms with Gasteiger partial charge < -0.3 is 9.84 Å². The van der Waals surface area contributed by atoms with Crippen molar-refractivity contribution in [2.45, 2.75) is 19.8 Å². The molecular weight excluding hydrogens is 180 g/mol. The van der Waals surface area contributed by atoms with E-state index in [-0.39, 0.29) is 19.0 Å². The Morgan fingerprint density at radius 3 is 2.57 bits per heavy atom. The number of aryl methyl sites for hydroxylation is 1. The molecular formula is C11H14O3. The van der Waals surface area contributed by atoms with Gasteiger partial charge in [-0.1, -0.05) is 17.7 Å². The van der Waals surface area contributed by atoms with Gasteiger partial charge in [-0.25, -0.2) is 0 Å². The number of ether oxygens (including phenoxy) is 1. The molecule has 0 spiro atoms. The van der Waals surface area contributed by atoms with Crippen LogP contribution in [0.2, 0.25) is 0 Å². The molecule has 0 saturated carbocycles. The number of benzene rings is 1. The molecule has 3 nitrogen and oxygen atoms in total. The lowest BCUT2D eigenvalue weighted by Gasteiger charge is -2.03. The van der Waals surface area contributed by atoms with Crippen molar-refractivity contribution in [2.24, 2.45) is 0 Å². The van der Waals surface area contributed by atoms with Gasteiger partial charge in [-0.15, -0.1) is 0 Å². The van der Waals surface area contributed by atoms with Crippen LogP contribution in [0, 0.1) is 6.92 Å². The minimum absolute atomic E-state index is 0.0169. The predicted octanol–water partition coefficient (Wildman–Crippen LogP) is 1.67. The summed E-state index contributed by atoms with van der Waals surface area (Å²) in [7, 11) is 0. The van der Waals surface area contributed by atoms with Crippen LogP contribution in [0.3, 0.4) is 0 Å². The first-order valence-electron chi connectivity index (χ1n) is 4.60. The summed E-state index contributed by atoms with van der Waals surface area (Å²) >= 11 is 0. The second kappa shape index (κ2) is 5.40. The van der Waals surface area contributed by atoms with Gasteiger partial charge >= 0.3 is 5.97 Å². The second-order valence-corrected chi connectivity index (χ2v) is 3.11. The molecule has 0 bridgehead atoms. The summed E-state index contributed by atoms with van der Waals surface area (Å²) in [6.45, 7) is 1.99. The Balaban J connectivity index is 2.44. The molecule has 0 saturated heterocycles. The van der Waals surface area contributed by atoms with Crippen molar-refractivity contribution in [3.05, 3.63) is 29.8 Å². The molecule has 14 heavy (non-hydrogen) atoms. The molecule has 0 atom stereocenters. The Bertz CT molecular complexity index is 290. The van der Waals surface area contributed by atoms with E-state index in [2.05, 4.69) is 0 Å². The zero-order valence-corrected chi connectivity index (χ0v) is 8.19. The van der Waals surface area contributed by atoms with E-state index in [1.807, 2.05) is 19.1 Å². The maximum absolute atomic E-state index is 11.1. The van der Waals surface area contributed by atoms with Crippen LogP contribution in [0.15, 0.2) is 24.3 Å². The normalized spacial score (nSPS) is 9.86. The summed E-state index contributed by atoms with van der Waals surface area (Å²) in [6, 6.07) is 7.28. The molecule has 0 aliphatic heterocycles. The lowest BCUT2D eigenvalue weighted by Crippen LogP contribution is -2.08. The average molecular weight is 194 g/mol. The SMILES string of the molecule is Cc1ccc(OC(=O)CCCO)cc1. The highest BCUT2D eigenvalue weighted by molar-refractivity contribution is 5.72. The quantitative estimate of drug-likeness (QED) is 0.586. The van der Waals surface area contributed by atoms with Gasteiger partial charge in [-0.05, 0) is 25.5 Å². The molecule has 1 aromatic rings. The molecule has 3 heteroatoms. The van der Waals surface area contributed by atoms with Gasteiger partial charge in [-0.3, -0.25) is 4.79 Å². The minimum atomic E-state index is -0.303. The zero-order chi connectivity index (χ0) is 10.4. The average Bonchev–Trinajstić information content (AvgIpc) is 2.18. The number of aliphatic hydroxyl groups is 1. The smallest absolute Gasteiger partial charge is 0.311 e. The summed E-state index contributed by atoms with van der Waals surface area (Å²) in [5.41, 5.74) is 1.13. The molecule has 0 heterocycles. The molecule has 0 amide bonds. The van der Waals surface area contributed by atoms with E-state index in [0.717, 1.165) is 5.56 Å². The van der Waals surface area contributed by atoms with E-state index in [9.17, 15) is 4.79 Å². The van der Waals surface area contributed by atoms with Crippen molar-refractivity contribution in [3.8, 4) is 5.75 Å². The summed E-state index contributed by atoms with van der Waals surface area (Å²) in [5.74, 6) is 0.251. The number of hydrogen-bond donors (Lipinski definition) is 1. The molecule has 1 N–H and O–H groups in total. The molecule has 1 rings (SSSR count). The maximum Gasteiger partial charge on any atom is 0.311 e. The molecule has 0 aromatic heterocycles. The van der Waals surface area contributed by atoms with Crippen LogP contribution >= 0.6 is 0 Å². The third-order valence-electron chi connectivity index (χ3n) is 1.79. The summed E-state index contributed by atoms with van der Waals surface area (Å²) < 4.78 is 5.02. The summed E-state index contributed by atoms with van der Waals surface area (Å²) in [4.78, 5) is 11.1. The van der Waals surface area contributed by atoms with Crippen molar-refractivity contribution in [2.75, 3.05) is 6.61 Å². The molecule has 1 aromatic carbocycles. The number of hydrogen-bond acceptors (Lipinski definition) is 3. The topological polar surface area (TPSA) is 46.5 Å². The van der Waals surface area contributed by atoms with Gasteiger partial charge in [0.25, 0.3) is 0 Å². The van der Waals surface area contributed by atoms with E-state index in [1.165, 1.54) is 0 Å². The fourth-order valence-electron chi connectivity index (χ4n) is 1.01. The lowest BCUT2D eigenvalue weighted by atomic mass is 10.2. The van der Waals surface area contributed by atoms with Crippen LogP contribution in [0.1, 0.15) is 18.4 Å². The van der Waals surface area contributed by atoms with Crippen LogP contribution in [0.4, 0.5) is 0 Å². The Hall–Kier alpha value is -1.35. The Kier molecular flexibility index (Phi) is 4.13. The second-order valence-electron chi connectivity index (χ2n) is 3.11. The first-order valence-corrected chi connectivity index (χ1v) is 4.60. The van der Waals surface area contributed by atoms with Crippen LogP contribution in [-0.4, -0.2) is 17.7 Å². The first-order chi connectivity index (χ1) is 6.72. The van der Waals surface area contributed by atoms with Crippen LogP contribution in [-0.2, 0) is 4.79 Å². The zero-order valence-electron chi connectivity index (χ0n) is 8.19. The van der Waals surface area contributed by atoms with E-state index >= 15 is 0 Å². The summed E-state index contributed by atoms with van der Waals surface area (Å²) in [5, 5.41) is 8.51. The molecule has 76 valence electrons. The maximum atomic E-state index is 11.1. The third-order valence-corrected chi connectivity index (χ3v) is 1.79. The van der Waals surface area contributed by atoms with Crippen LogP contribution < -0.4 is 4.74 Å². The number of rotatable bonds is 4. The van der Waals surface area contributed by atoms with Crippen molar-refractivity contribution in [1.29, 1.82) is 0 Å². The molecule has 0 unspecified atom stereocenters. The van der Waals surface area contributed by atoms with Crippen molar-refractivity contribution >= 4 is 5.97 Å². The van der Waals surface area contributed by atoms with E-state index < -0.39 is 0 Å². The highest BCUT2D eigenvalue weighted by Gasteiger charge is 2.03. The van der Waals surface area contributed by atoms with E-state index in [1.54, 1.807) is 12.1 Å². The Labute approximate surface area is 83.3 Å². The minimum Gasteiger partial charge on any atom is -0.427 e. The highest BCUT2D eigenvalue weighted by Crippen LogP contribution is 2.12. The fraction of sp³-hybridized carbons (Fsp3) is 0.364. The number of carbonyl (C=O) groups excluding carboxylic acids is 1. The van der Waals surface area contributed by atoms with Crippen LogP contribution in [0.5, 0.6) is 5.75 Å². The summed E-state index contributed by atoms with van der Waals surface area (Å²) in [6.07, 6.45) is 0.703. The first kappa shape index (κ1) is 10.7. The van der Waals surface area contributed by atoms with E-state index in [0.29, 0.717) is 12.2 Å². The van der Waals surface area contributed by atoms with Crippen LogP contribution in [0.25, 0.3) is 0 Å². The van der Waals surface area contributed by atoms with Gasteiger partial charge in [0.1, 0.15) is 5.75 Å². The van der Waals surface area contributed by atoms with Gasteiger partial charge in [-0.2, -0.15) is 0 Å². The van der Waals surface area contributed by atoms with Gasteiger partial charge in [0, 0.05) is 13.0 Å². The van der Waals surface area contributed by atoms with Crippen molar-refractivity contribution in [3.63, 3.8) is 0 Å². The molecule has 0 fully saturated rings. The standard InChI is InChI=1S/C11H14O3/c1-9-4-6-10(7-5-9)14-11(13)3-2-8-12/h4-7,12H,2-3,8H2,1H3. The van der Waals surface area contributed by atoms with Gasteiger partial charge in [0.2, 0.25) is 0 Å². The van der Waals surface area contributed by atoms with Crippen molar-refractivity contribution < 1.29 is 14.6 Å². The number of esters is 1. The fourth-order valence-corrected chi connectivity index (χ4v) is 1.01. The van der Waals surface area contributed by atoms with Gasteiger partial charge in [0.05, 0.1) is 0 Å². The number of aliphatic hydroxyl groups excluding tert-OH is 1. The Morgan fingerprint density at radius 2 is 2.00 bits per heavy atom. The molecule has 0 aliphatic carbocycles. The predicted molar refractivity (Wildman–Crippen MR) is 53.1 cm³/mol.